The second kappa shape index (κ2) is 10.1. The van der Waals surface area contributed by atoms with E-state index in [4.69, 9.17) is 0 Å². The standard InChI is InChI=1S/C33H26N3O2/c37-36(38)29-16-17-31-30(22-29)27(23-34-31)18-19-35-32(25-12-6-2-7-13-25)20-28(24-10-4-1-5-11-24)21-33(35)26-14-8-3-9-15-26/h1-17,20-23,34H,18-19H2/q+1. The summed E-state index contributed by atoms with van der Waals surface area (Å²) in [4.78, 5) is 14.3. The van der Waals surface area contributed by atoms with Crippen LogP contribution < -0.4 is 4.57 Å². The van der Waals surface area contributed by atoms with Gasteiger partial charge >= 0.3 is 0 Å². The molecule has 0 amide bonds. The van der Waals surface area contributed by atoms with Crippen LogP contribution in [0.4, 0.5) is 5.69 Å². The zero-order valence-corrected chi connectivity index (χ0v) is 20.7. The van der Waals surface area contributed by atoms with Gasteiger partial charge in [0, 0.05) is 58.9 Å². The number of nitro benzene ring substituents is 1. The van der Waals surface area contributed by atoms with Crippen LogP contribution in [-0.2, 0) is 13.0 Å². The highest BCUT2D eigenvalue weighted by molar-refractivity contribution is 5.85. The summed E-state index contributed by atoms with van der Waals surface area (Å²) in [6, 6.07) is 40.9. The molecule has 6 rings (SSSR count). The second-order valence-electron chi connectivity index (χ2n) is 9.32. The molecule has 1 N–H and O–H groups in total. The minimum Gasteiger partial charge on any atom is -0.361 e. The maximum absolute atomic E-state index is 11.4. The zero-order chi connectivity index (χ0) is 25.9. The minimum absolute atomic E-state index is 0.105. The Balaban J connectivity index is 1.51. The molecule has 0 aliphatic rings. The SMILES string of the molecule is O=[N+]([O-])c1ccc2[nH]cc(CC[n+]3c(-c4ccccc4)cc(-c4ccccc4)cc3-c3ccccc3)c2c1. The molecule has 0 fully saturated rings. The van der Waals surface area contributed by atoms with Crippen LogP contribution in [0.15, 0.2) is 128 Å². The number of hydrogen-bond acceptors (Lipinski definition) is 2. The molecule has 0 saturated heterocycles. The van der Waals surface area contributed by atoms with Gasteiger partial charge in [-0.05, 0) is 47.0 Å². The summed E-state index contributed by atoms with van der Waals surface area (Å²) < 4.78 is 2.37. The summed E-state index contributed by atoms with van der Waals surface area (Å²) in [6.07, 6.45) is 2.69. The number of nitro groups is 1. The highest BCUT2D eigenvalue weighted by Gasteiger charge is 2.23. The lowest BCUT2D eigenvalue weighted by atomic mass is 9.98. The highest BCUT2D eigenvalue weighted by Crippen LogP contribution is 2.30. The van der Waals surface area contributed by atoms with Crippen molar-refractivity contribution < 1.29 is 9.49 Å². The molecule has 184 valence electrons. The van der Waals surface area contributed by atoms with E-state index in [1.165, 1.54) is 0 Å². The fraction of sp³-hybridized carbons (Fsp3) is 0.0606. The summed E-state index contributed by atoms with van der Waals surface area (Å²) in [7, 11) is 0. The number of nitrogens with one attached hydrogen (secondary N) is 1. The lowest BCUT2D eigenvalue weighted by Crippen LogP contribution is -2.40. The van der Waals surface area contributed by atoms with Gasteiger partial charge in [-0.2, -0.15) is 4.57 Å². The normalized spacial score (nSPS) is 11.1. The predicted molar refractivity (Wildman–Crippen MR) is 152 cm³/mol. The molecule has 0 radical (unpaired) electrons. The summed E-state index contributed by atoms with van der Waals surface area (Å²) in [5.41, 5.74) is 8.90. The molecule has 4 aromatic carbocycles. The quantitative estimate of drug-likeness (QED) is 0.140. The average molecular weight is 497 g/mol. The maximum atomic E-state index is 11.4. The van der Waals surface area contributed by atoms with Gasteiger partial charge in [0.05, 0.1) is 4.92 Å². The Morgan fingerprint density at radius 3 is 1.76 bits per heavy atom. The number of H-pyrrole nitrogens is 1. The number of aryl methyl sites for hydroxylation is 1. The first-order valence-corrected chi connectivity index (χ1v) is 12.7. The van der Waals surface area contributed by atoms with Gasteiger partial charge in [0.15, 0.2) is 6.54 Å². The topological polar surface area (TPSA) is 62.8 Å². The van der Waals surface area contributed by atoms with Crippen LogP contribution in [0.25, 0.3) is 44.5 Å². The van der Waals surface area contributed by atoms with Gasteiger partial charge in [-0.25, -0.2) is 0 Å². The smallest absolute Gasteiger partial charge is 0.270 e. The predicted octanol–water partition coefficient (Wildman–Crippen LogP) is 7.61. The summed E-state index contributed by atoms with van der Waals surface area (Å²) in [6.45, 7) is 0.708. The fourth-order valence-electron chi connectivity index (χ4n) is 5.08. The Morgan fingerprint density at radius 1 is 0.658 bits per heavy atom. The van der Waals surface area contributed by atoms with E-state index in [1.54, 1.807) is 18.2 Å². The van der Waals surface area contributed by atoms with Crippen molar-refractivity contribution in [1.29, 1.82) is 0 Å². The molecule has 38 heavy (non-hydrogen) atoms. The number of nitrogens with zero attached hydrogens (tertiary/aromatic N) is 2. The number of rotatable bonds is 7. The van der Waals surface area contributed by atoms with Gasteiger partial charge in [0.25, 0.3) is 5.69 Å². The van der Waals surface area contributed by atoms with Crippen LogP contribution in [0.5, 0.6) is 0 Å². The Bertz CT molecular complexity index is 1670. The van der Waals surface area contributed by atoms with E-state index in [2.05, 4.69) is 94.5 Å². The van der Waals surface area contributed by atoms with E-state index in [1.807, 2.05) is 24.4 Å². The second-order valence-corrected chi connectivity index (χ2v) is 9.32. The van der Waals surface area contributed by atoms with Gasteiger partial charge in [-0.1, -0.05) is 66.7 Å². The number of fused-ring (bicyclic) bond motifs is 1. The molecule has 0 bridgehead atoms. The molecule has 5 heteroatoms. The van der Waals surface area contributed by atoms with Gasteiger partial charge in [0.1, 0.15) is 0 Å². The van der Waals surface area contributed by atoms with Crippen LogP contribution in [0.2, 0.25) is 0 Å². The molecule has 0 unspecified atom stereocenters. The van der Waals surface area contributed by atoms with Gasteiger partial charge < -0.3 is 4.98 Å². The van der Waals surface area contributed by atoms with E-state index >= 15 is 0 Å². The van der Waals surface area contributed by atoms with Gasteiger partial charge in [-0.15, -0.1) is 0 Å². The number of non-ortho nitro benzene ring substituents is 1. The van der Waals surface area contributed by atoms with Crippen molar-refractivity contribution in [2.24, 2.45) is 0 Å². The van der Waals surface area contributed by atoms with Crippen molar-refractivity contribution in [2.45, 2.75) is 13.0 Å². The molecule has 0 spiro atoms. The molecule has 2 aromatic heterocycles. The molecule has 2 heterocycles. The van der Waals surface area contributed by atoms with Crippen LogP contribution in [0.3, 0.4) is 0 Å². The van der Waals surface area contributed by atoms with Crippen molar-refractivity contribution in [3.05, 3.63) is 143 Å². The molecule has 0 atom stereocenters. The molecule has 0 aliphatic carbocycles. The number of hydrogen-bond donors (Lipinski definition) is 1. The van der Waals surface area contributed by atoms with Crippen LogP contribution in [0, 0.1) is 10.1 Å². The molecular formula is C33H26N3O2+. The van der Waals surface area contributed by atoms with Crippen molar-refractivity contribution in [3.63, 3.8) is 0 Å². The number of aromatic amines is 1. The van der Waals surface area contributed by atoms with E-state index in [-0.39, 0.29) is 10.6 Å². The first-order chi connectivity index (χ1) is 18.7. The molecule has 6 aromatic rings. The number of pyridine rings is 1. The summed E-state index contributed by atoms with van der Waals surface area (Å²) >= 11 is 0. The summed E-state index contributed by atoms with van der Waals surface area (Å²) in [5, 5.41) is 12.3. The largest absolute Gasteiger partial charge is 0.361 e. The number of benzene rings is 4. The van der Waals surface area contributed by atoms with Crippen molar-refractivity contribution in [2.75, 3.05) is 0 Å². The third kappa shape index (κ3) is 4.58. The van der Waals surface area contributed by atoms with Crippen molar-refractivity contribution >= 4 is 16.6 Å². The average Bonchev–Trinajstić information content (AvgIpc) is 3.39. The zero-order valence-electron chi connectivity index (χ0n) is 20.7. The van der Waals surface area contributed by atoms with E-state index < -0.39 is 0 Å². The minimum atomic E-state index is -0.339. The third-order valence-electron chi connectivity index (χ3n) is 6.98. The van der Waals surface area contributed by atoms with Gasteiger partial charge in [0.2, 0.25) is 11.4 Å². The van der Waals surface area contributed by atoms with E-state index in [9.17, 15) is 10.1 Å². The van der Waals surface area contributed by atoms with Gasteiger partial charge in [-0.3, -0.25) is 10.1 Å². The summed E-state index contributed by atoms with van der Waals surface area (Å²) in [5.74, 6) is 0. The lowest BCUT2D eigenvalue weighted by molar-refractivity contribution is -0.674. The van der Waals surface area contributed by atoms with E-state index in [0.29, 0.717) is 6.54 Å². The maximum Gasteiger partial charge on any atom is 0.270 e. The number of aromatic nitrogens is 2. The van der Waals surface area contributed by atoms with Crippen LogP contribution in [0.1, 0.15) is 5.56 Å². The van der Waals surface area contributed by atoms with Crippen molar-refractivity contribution in [1.82, 2.24) is 4.98 Å². The fourth-order valence-corrected chi connectivity index (χ4v) is 5.08. The third-order valence-corrected chi connectivity index (χ3v) is 6.98. The van der Waals surface area contributed by atoms with Crippen LogP contribution in [-0.4, -0.2) is 9.91 Å². The van der Waals surface area contributed by atoms with E-state index in [0.717, 1.165) is 56.5 Å². The molecular weight excluding hydrogens is 470 g/mol. The van der Waals surface area contributed by atoms with Crippen molar-refractivity contribution in [3.8, 4) is 33.6 Å². The Hall–Kier alpha value is -5.03. The Kier molecular flexibility index (Phi) is 6.24. The highest BCUT2D eigenvalue weighted by atomic mass is 16.6. The molecule has 0 saturated carbocycles. The first kappa shape index (κ1) is 23.4. The lowest BCUT2D eigenvalue weighted by Gasteiger charge is -2.13. The Morgan fingerprint density at radius 2 is 1.21 bits per heavy atom. The molecule has 5 nitrogen and oxygen atoms in total. The monoisotopic (exact) mass is 496 g/mol. The Labute approximate surface area is 220 Å². The molecule has 0 aliphatic heterocycles. The van der Waals surface area contributed by atoms with Crippen LogP contribution >= 0.6 is 0 Å². The first-order valence-electron chi connectivity index (χ1n) is 12.7.